The number of nitrogens with two attached hydrogens (primary N) is 1. The highest BCUT2D eigenvalue weighted by atomic mass is 31.1. The molecule has 3 unspecified atom stereocenters. The Morgan fingerprint density at radius 3 is 3.11 bits per heavy atom. The Balaban J connectivity index is 2.09. The molecule has 3 rings (SSSR count). The van der Waals surface area contributed by atoms with E-state index in [0.717, 1.165) is 0 Å². The van der Waals surface area contributed by atoms with Crippen molar-refractivity contribution in [2.75, 3.05) is 12.3 Å². The van der Waals surface area contributed by atoms with Gasteiger partial charge in [-0.1, -0.05) is 6.08 Å². The second-order valence-corrected chi connectivity index (χ2v) is 5.89. The minimum absolute atomic E-state index is 0.0644. The summed E-state index contributed by atoms with van der Waals surface area (Å²) in [5, 5.41) is 9.60. The fraction of sp³-hybridized carbons (Fsp3) is 0.300. The highest BCUT2D eigenvalue weighted by molar-refractivity contribution is 7.54. The first-order chi connectivity index (χ1) is 8.69. The van der Waals surface area contributed by atoms with Crippen molar-refractivity contribution in [3.63, 3.8) is 0 Å². The van der Waals surface area contributed by atoms with E-state index in [1.54, 1.807) is 12.0 Å². The molecule has 2 aromatic heterocycles. The molecule has 2 aromatic rings. The van der Waals surface area contributed by atoms with E-state index in [0.29, 0.717) is 10.8 Å². The van der Waals surface area contributed by atoms with Crippen LogP contribution in [0.25, 0.3) is 10.8 Å². The predicted molar refractivity (Wildman–Crippen MR) is 67.4 cm³/mol. The SMILES string of the molecule is Nc1nc2c(ncp2C2C=CC(CO)O2)c(=O)[nH]1. The van der Waals surface area contributed by atoms with Crippen molar-refractivity contribution in [3.8, 4) is 0 Å². The molecule has 1 aliphatic heterocycles. The lowest BCUT2D eigenvalue weighted by molar-refractivity contribution is 0.0453. The van der Waals surface area contributed by atoms with Gasteiger partial charge in [0.05, 0.1) is 12.5 Å². The van der Waals surface area contributed by atoms with Crippen LogP contribution < -0.4 is 11.3 Å². The molecular formula is C10H11N4O3P. The highest BCUT2D eigenvalue weighted by Gasteiger charge is 2.23. The summed E-state index contributed by atoms with van der Waals surface area (Å²) < 4.78 is 5.61. The third-order valence-corrected chi connectivity index (χ3v) is 4.72. The smallest absolute Gasteiger partial charge is 0.279 e. The molecule has 0 aromatic carbocycles. The van der Waals surface area contributed by atoms with Gasteiger partial charge < -0.3 is 15.6 Å². The van der Waals surface area contributed by atoms with Crippen LogP contribution in [0.1, 0.15) is 5.85 Å². The first kappa shape index (κ1) is 11.4. The topological polar surface area (TPSA) is 114 Å². The molecule has 0 saturated heterocycles. The molecule has 8 heteroatoms. The standard InChI is InChI=1S/C10H11N4O3P/c11-10-13-8(16)7-9(14-10)18(4-12-7)6-2-1-5(3-15)17-6/h1-2,4-6,15H,3H2,(H3,11,13,14,16). The van der Waals surface area contributed by atoms with E-state index in [1.165, 1.54) is 0 Å². The summed E-state index contributed by atoms with van der Waals surface area (Å²) in [6, 6.07) is 0. The molecule has 0 radical (unpaired) electrons. The fourth-order valence-electron chi connectivity index (χ4n) is 1.88. The summed E-state index contributed by atoms with van der Waals surface area (Å²) in [7, 11) is -0.950. The number of nitrogen functional groups attached to an aromatic ring is 1. The van der Waals surface area contributed by atoms with Gasteiger partial charge in [0.2, 0.25) is 5.95 Å². The van der Waals surface area contributed by atoms with Crippen LogP contribution in [-0.4, -0.2) is 32.8 Å². The lowest BCUT2D eigenvalue weighted by atomic mass is 10.4. The van der Waals surface area contributed by atoms with Crippen LogP contribution in [0.5, 0.6) is 0 Å². The van der Waals surface area contributed by atoms with Gasteiger partial charge in [0, 0.05) is 0 Å². The van der Waals surface area contributed by atoms with Crippen LogP contribution >= 0.6 is 7.53 Å². The number of hydrogen-bond acceptors (Lipinski definition) is 6. The third-order valence-electron chi connectivity index (χ3n) is 2.71. The molecule has 94 valence electrons. The van der Waals surface area contributed by atoms with Crippen molar-refractivity contribution in [2.24, 2.45) is 0 Å². The molecule has 18 heavy (non-hydrogen) atoms. The molecule has 0 fully saturated rings. The summed E-state index contributed by atoms with van der Waals surface area (Å²) in [5.41, 5.74) is 5.51. The zero-order valence-electron chi connectivity index (χ0n) is 9.28. The maximum absolute atomic E-state index is 11.6. The van der Waals surface area contributed by atoms with E-state index >= 15 is 0 Å². The van der Waals surface area contributed by atoms with E-state index in [9.17, 15) is 4.79 Å². The number of fused-ring (bicyclic) bond motifs is 1. The molecule has 0 bridgehead atoms. The first-order valence-corrected chi connectivity index (χ1v) is 6.84. The summed E-state index contributed by atoms with van der Waals surface area (Å²) >= 11 is 0. The van der Waals surface area contributed by atoms with Crippen molar-refractivity contribution < 1.29 is 9.84 Å². The van der Waals surface area contributed by atoms with Gasteiger partial charge >= 0.3 is 0 Å². The zero-order valence-corrected chi connectivity index (χ0v) is 10.2. The number of aromatic amines is 1. The van der Waals surface area contributed by atoms with E-state index in [2.05, 4.69) is 15.0 Å². The van der Waals surface area contributed by atoms with Gasteiger partial charge in [-0.15, -0.1) is 0 Å². The van der Waals surface area contributed by atoms with Crippen molar-refractivity contribution in [2.45, 2.75) is 11.9 Å². The number of anilines is 1. The number of aliphatic hydroxyl groups excluding tert-OH is 1. The Labute approximate surface area is 102 Å². The number of rotatable bonds is 2. The van der Waals surface area contributed by atoms with Crippen LogP contribution in [0.2, 0.25) is 0 Å². The number of hydrogen-bond donors (Lipinski definition) is 3. The zero-order chi connectivity index (χ0) is 12.7. The Morgan fingerprint density at radius 2 is 2.39 bits per heavy atom. The van der Waals surface area contributed by atoms with Gasteiger partial charge in [-0.25, -0.2) is 9.97 Å². The average Bonchev–Trinajstić information content (AvgIpc) is 2.93. The number of aliphatic hydroxyl groups is 1. The van der Waals surface area contributed by atoms with Gasteiger partial charge in [-0.05, 0) is 13.6 Å². The van der Waals surface area contributed by atoms with Crippen molar-refractivity contribution >= 4 is 24.2 Å². The van der Waals surface area contributed by atoms with Crippen LogP contribution in [-0.2, 0) is 4.74 Å². The molecule has 0 spiro atoms. The minimum Gasteiger partial charge on any atom is -0.393 e. The maximum atomic E-state index is 11.6. The van der Waals surface area contributed by atoms with Gasteiger partial charge in [-0.2, -0.15) is 0 Å². The minimum atomic E-state index is -0.950. The number of aromatic nitrogens is 3. The molecule has 3 atom stereocenters. The fourth-order valence-corrected chi connectivity index (χ4v) is 3.80. The summed E-state index contributed by atoms with van der Waals surface area (Å²) in [4.78, 5) is 22.3. The molecule has 1 aliphatic rings. The van der Waals surface area contributed by atoms with Crippen molar-refractivity contribution in [1.29, 1.82) is 0 Å². The maximum Gasteiger partial charge on any atom is 0.279 e. The number of ether oxygens (including phenoxy) is 1. The van der Waals surface area contributed by atoms with Gasteiger partial charge in [0.25, 0.3) is 5.56 Å². The Bertz CT molecular complexity index is 677. The number of nitrogens with one attached hydrogen (secondary N) is 1. The molecule has 3 heterocycles. The van der Waals surface area contributed by atoms with Crippen molar-refractivity contribution in [1.82, 2.24) is 15.0 Å². The Hall–Kier alpha value is -1.69. The Morgan fingerprint density at radius 1 is 1.56 bits per heavy atom. The third kappa shape index (κ3) is 1.73. The molecule has 0 saturated carbocycles. The van der Waals surface area contributed by atoms with Gasteiger partial charge in [0.1, 0.15) is 17.2 Å². The number of H-pyrrole nitrogens is 1. The van der Waals surface area contributed by atoms with E-state index in [4.69, 9.17) is 15.6 Å². The van der Waals surface area contributed by atoms with Gasteiger partial charge in [0.15, 0.2) is 5.52 Å². The van der Waals surface area contributed by atoms with Crippen LogP contribution in [0.15, 0.2) is 22.9 Å². The second kappa shape index (κ2) is 4.20. The largest absolute Gasteiger partial charge is 0.393 e. The summed E-state index contributed by atoms with van der Waals surface area (Å²) in [5.74, 6) is 1.56. The molecule has 7 nitrogen and oxygen atoms in total. The second-order valence-electron chi connectivity index (χ2n) is 3.91. The van der Waals surface area contributed by atoms with Gasteiger partial charge in [-0.3, -0.25) is 9.78 Å². The lowest BCUT2D eigenvalue weighted by Crippen LogP contribution is -2.11. The van der Waals surface area contributed by atoms with Crippen molar-refractivity contribution in [3.05, 3.63) is 28.4 Å². The molecule has 4 N–H and O–H groups in total. The van der Waals surface area contributed by atoms with Crippen LogP contribution in [0, 0.1) is 0 Å². The number of nitrogens with zero attached hydrogens (tertiary/aromatic N) is 2. The monoisotopic (exact) mass is 266 g/mol. The summed E-state index contributed by atoms with van der Waals surface area (Å²) in [6.45, 7) is -0.0644. The lowest BCUT2D eigenvalue weighted by Gasteiger charge is -2.11. The normalized spacial score (nSPS) is 23.9. The quantitative estimate of drug-likeness (QED) is 0.675. The van der Waals surface area contributed by atoms with E-state index < -0.39 is 7.53 Å². The predicted octanol–water partition coefficient (Wildman–Crippen LogP) is 0.333. The first-order valence-electron chi connectivity index (χ1n) is 5.36. The van der Waals surface area contributed by atoms with Crippen LogP contribution in [0.4, 0.5) is 5.95 Å². The molecule has 0 aliphatic carbocycles. The van der Waals surface area contributed by atoms with Crippen LogP contribution in [0.3, 0.4) is 0 Å². The van der Waals surface area contributed by atoms with E-state index in [-0.39, 0.29) is 30.1 Å². The summed E-state index contributed by atoms with van der Waals surface area (Å²) in [6.07, 6.45) is 3.37. The van der Waals surface area contributed by atoms with E-state index in [1.807, 2.05) is 6.08 Å². The Kier molecular flexibility index (Phi) is 2.66. The molecular weight excluding hydrogens is 255 g/mol. The highest BCUT2D eigenvalue weighted by Crippen LogP contribution is 2.48. The molecule has 0 amide bonds. The average molecular weight is 266 g/mol.